The Labute approximate surface area is 125 Å². The van der Waals surface area contributed by atoms with Crippen molar-refractivity contribution in [2.45, 2.75) is 11.9 Å². The third-order valence-corrected chi connectivity index (χ3v) is 4.41. The lowest BCUT2D eigenvalue weighted by Gasteiger charge is -2.23. The van der Waals surface area contributed by atoms with Crippen LogP contribution in [-0.2, 0) is 11.3 Å². The van der Waals surface area contributed by atoms with Crippen LogP contribution in [0.1, 0.15) is 16.6 Å². The van der Waals surface area contributed by atoms with Crippen molar-refractivity contribution in [3.05, 3.63) is 65.5 Å². The number of hydrogen-bond donors (Lipinski definition) is 0. The van der Waals surface area contributed by atoms with Crippen molar-refractivity contribution >= 4 is 17.7 Å². The Hall–Kier alpha value is -1.95. The summed E-state index contributed by atoms with van der Waals surface area (Å²) in [6.07, 6.45) is 1.67. The summed E-state index contributed by atoms with van der Waals surface area (Å²) in [6, 6.07) is 8.81. The number of rotatable bonds is 3. The van der Waals surface area contributed by atoms with Crippen molar-refractivity contribution in [2.75, 3.05) is 5.75 Å². The second-order valence-corrected chi connectivity index (χ2v) is 5.79. The van der Waals surface area contributed by atoms with Crippen molar-refractivity contribution in [1.29, 1.82) is 0 Å². The number of pyridine rings is 1. The zero-order chi connectivity index (χ0) is 14.8. The van der Waals surface area contributed by atoms with Gasteiger partial charge < -0.3 is 4.90 Å². The van der Waals surface area contributed by atoms with Gasteiger partial charge in [0.05, 0.1) is 11.4 Å². The fourth-order valence-corrected chi connectivity index (χ4v) is 3.44. The fraction of sp³-hybridized carbons (Fsp3) is 0.200. The van der Waals surface area contributed by atoms with Gasteiger partial charge in [-0.05, 0) is 29.8 Å². The molecule has 0 N–H and O–H groups in total. The molecule has 1 aliphatic heterocycles. The van der Waals surface area contributed by atoms with E-state index in [0.717, 1.165) is 11.8 Å². The molecular weight excluding hydrogens is 294 g/mol. The van der Waals surface area contributed by atoms with Crippen molar-refractivity contribution in [1.82, 2.24) is 9.88 Å². The molecule has 0 saturated carbocycles. The highest BCUT2D eigenvalue weighted by atomic mass is 32.2. The van der Waals surface area contributed by atoms with Crippen LogP contribution >= 0.6 is 11.8 Å². The summed E-state index contributed by atoms with van der Waals surface area (Å²) in [4.78, 5) is 17.9. The minimum atomic E-state index is -0.640. The van der Waals surface area contributed by atoms with E-state index in [-0.39, 0.29) is 17.8 Å². The Morgan fingerprint density at radius 1 is 1.24 bits per heavy atom. The quantitative estimate of drug-likeness (QED) is 0.873. The minimum absolute atomic E-state index is 0.0553. The summed E-state index contributed by atoms with van der Waals surface area (Å²) in [5.41, 5.74) is 1.20. The van der Waals surface area contributed by atoms with Crippen LogP contribution in [0.4, 0.5) is 8.78 Å². The van der Waals surface area contributed by atoms with E-state index in [2.05, 4.69) is 4.98 Å². The number of benzene rings is 1. The van der Waals surface area contributed by atoms with E-state index < -0.39 is 11.6 Å². The van der Waals surface area contributed by atoms with Gasteiger partial charge in [0, 0.05) is 18.8 Å². The maximum absolute atomic E-state index is 13.3. The van der Waals surface area contributed by atoms with Crippen LogP contribution in [0.25, 0.3) is 0 Å². The average molecular weight is 306 g/mol. The molecule has 0 spiro atoms. The Morgan fingerprint density at radius 3 is 2.67 bits per heavy atom. The molecule has 6 heteroatoms. The molecule has 0 aliphatic carbocycles. The first-order chi connectivity index (χ1) is 10.1. The van der Waals surface area contributed by atoms with Gasteiger partial charge in [-0.2, -0.15) is 0 Å². The highest BCUT2D eigenvalue weighted by Gasteiger charge is 2.33. The normalized spacial score (nSPS) is 18.3. The number of hydrogen-bond acceptors (Lipinski definition) is 3. The lowest BCUT2D eigenvalue weighted by atomic mass is 10.2. The number of nitrogens with zero attached hydrogens (tertiary/aromatic N) is 2. The van der Waals surface area contributed by atoms with E-state index >= 15 is 0 Å². The van der Waals surface area contributed by atoms with Crippen LogP contribution in [0.3, 0.4) is 0 Å². The average Bonchev–Trinajstić information content (AvgIpc) is 2.80. The third-order valence-electron chi connectivity index (χ3n) is 3.18. The predicted octanol–water partition coefficient (Wildman–Crippen LogP) is 3.13. The van der Waals surface area contributed by atoms with E-state index in [9.17, 15) is 13.6 Å². The minimum Gasteiger partial charge on any atom is -0.320 e. The molecular formula is C15H12F2N2OS. The summed E-state index contributed by atoms with van der Waals surface area (Å²) in [5, 5.41) is -0.218. The first kappa shape index (κ1) is 14.0. The van der Waals surface area contributed by atoms with Crippen LogP contribution in [0.5, 0.6) is 0 Å². The molecule has 1 fully saturated rings. The Kier molecular flexibility index (Phi) is 3.88. The van der Waals surface area contributed by atoms with Crippen molar-refractivity contribution in [3.63, 3.8) is 0 Å². The molecule has 1 aromatic heterocycles. The van der Waals surface area contributed by atoms with Crippen molar-refractivity contribution < 1.29 is 13.6 Å². The standard InChI is InChI=1S/C15H12F2N2OS/c16-11-5-10(6-12(17)7-11)8-19-14(20)9-21-15(19)13-3-1-2-4-18-13/h1-7,15H,8-9H2. The molecule has 0 radical (unpaired) electrons. The van der Waals surface area contributed by atoms with Gasteiger partial charge in [0.1, 0.15) is 17.0 Å². The van der Waals surface area contributed by atoms with Crippen LogP contribution in [0, 0.1) is 11.6 Å². The molecule has 1 aromatic carbocycles. The summed E-state index contributed by atoms with van der Waals surface area (Å²) in [7, 11) is 0. The van der Waals surface area contributed by atoms with Gasteiger partial charge in [-0.1, -0.05) is 6.07 Å². The number of carbonyl (C=O) groups is 1. The van der Waals surface area contributed by atoms with E-state index in [1.807, 2.05) is 12.1 Å². The Bertz CT molecular complexity index is 646. The fourth-order valence-electron chi connectivity index (χ4n) is 2.29. The third kappa shape index (κ3) is 3.05. The number of carbonyl (C=O) groups excluding carboxylic acids is 1. The highest BCUT2D eigenvalue weighted by Crippen LogP contribution is 2.38. The monoisotopic (exact) mass is 306 g/mol. The maximum Gasteiger partial charge on any atom is 0.234 e. The lowest BCUT2D eigenvalue weighted by molar-refractivity contribution is -0.128. The number of amides is 1. The largest absolute Gasteiger partial charge is 0.320 e. The van der Waals surface area contributed by atoms with Gasteiger partial charge in [-0.25, -0.2) is 8.78 Å². The van der Waals surface area contributed by atoms with E-state index in [4.69, 9.17) is 0 Å². The molecule has 1 unspecified atom stereocenters. The van der Waals surface area contributed by atoms with Crippen LogP contribution in [-0.4, -0.2) is 21.5 Å². The number of aromatic nitrogens is 1. The molecule has 0 bridgehead atoms. The van der Waals surface area contributed by atoms with Gasteiger partial charge >= 0.3 is 0 Å². The Balaban J connectivity index is 1.86. The molecule has 1 saturated heterocycles. The van der Waals surface area contributed by atoms with Crippen LogP contribution < -0.4 is 0 Å². The summed E-state index contributed by atoms with van der Waals surface area (Å²) >= 11 is 1.47. The van der Waals surface area contributed by atoms with Gasteiger partial charge in [0.2, 0.25) is 5.91 Å². The molecule has 2 aromatic rings. The van der Waals surface area contributed by atoms with Crippen molar-refractivity contribution in [2.24, 2.45) is 0 Å². The second kappa shape index (κ2) is 5.81. The van der Waals surface area contributed by atoms with Gasteiger partial charge in [-0.15, -0.1) is 11.8 Å². The topological polar surface area (TPSA) is 33.2 Å². The number of halogens is 2. The van der Waals surface area contributed by atoms with Gasteiger partial charge in [0.25, 0.3) is 0 Å². The smallest absolute Gasteiger partial charge is 0.234 e. The summed E-state index contributed by atoms with van der Waals surface area (Å²) in [5.74, 6) is -0.989. The summed E-state index contributed by atoms with van der Waals surface area (Å²) < 4.78 is 26.5. The maximum atomic E-state index is 13.3. The van der Waals surface area contributed by atoms with Crippen molar-refractivity contribution in [3.8, 4) is 0 Å². The Morgan fingerprint density at radius 2 is 2.00 bits per heavy atom. The first-order valence-electron chi connectivity index (χ1n) is 6.40. The summed E-state index contributed by atoms with van der Waals surface area (Å²) in [6.45, 7) is 0.168. The molecule has 108 valence electrons. The van der Waals surface area contributed by atoms with E-state index in [1.54, 1.807) is 17.2 Å². The molecule has 2 heterocycles. The molecule has 3 rings (SSSR count). The van der Waals surface area contributed by atoms with Gasteiger partial charge in [0.15, 0.2) is 0 Å². The van der Waals surface area contributed by atoms with Gasteiger partial charge in [-0.3, -0.25) is 9.78 Å². The van der Waals surface area contributed by atoms with Crippen LogP contribution in [0.2, 0.25) is 0 Å². The van der Waals surface area contributed by atoms with E-state index in [1.165, 1.54) is 23.9 Å². The molecule has 21 heavy (non-hydrogen) atoms. The number of thioether (sulfide) groups is 1. The first-order valence-corrected chi connectivity index (χ1v) is 7.45. The molecule has 1 aliphatic rings. The van der Waals surface area contributed by atoms with Crippen LogP contribution in [0.15, 0.2) is 42.6 Å². The SMILES string of the molecule is O=C1CSC(c2ccccn2)N1Cc1cc(F)cc(F)c1. The van der Waals surface area contributed by atoms with E-state index in [0.29, 0.717) is 11.3 Å². The molecule has 3 nitrogen and oxygen atoms in total. The zero-order valence-corrected chi connectivity index (χ0v) is 11.8. The molecule has 1 amide bonds. The lowest BCUT2D eigenvalue weighted by Crippen LogP contribution is -2.28. The zero-order valence-electron chi connectivity index (χ0n) is 11.0. The molecule has 1 atom stereocenters. The second-order valence-electron chi connectivity index (χ2n) is 4.72. The highest BCUT2D eigenvalue weighted by molar-refractivity contribution is 8.00. The predicted molar refractivity (Wildman–Crippen MR) is 76.3 cm³/mol.